The minimum atomic E-state index is -0.410. The van der Waals surface area contributed by atoms with Crippen molar-refractivity contribution in [2.45, 2.75) is 0 Å². The van der Waals surface area contributed by atoms with Crippen molar-refractivity contribution >= 4 is 5.52 Å². The summed E-state index contributed by atoms with van der Waals surface area (Å²) in [6.45, 7) is 0. The molecule has 0 bridgehead atoms. The van der Waals surface area contributed by atoms with Crippen molar-refractivity contribution in [1.82, 2.24) is 14.4 Å². The van der Waals surface area contributed by atoms with E-state index >= 15 is 0 Å². The summed E-state index contributed by atoms with van der Waals surface area (Å²) in [5, 5.41) is 0. The highest BCUT2D eigenvalue weighted by Gasteiger charge is 1.95. The van der Waals surface area contributed by atoms with Crippen LogP contribution in [0.2, 0.25) is 0 Å². The molecule has 0 unspecified atom stereocenters. The summed E-state index contributed by atoms with van der Waals surface area (Å²) >= 11 is 0. The Morgan fingerprint density at radius 2 is 2.25 bits per heavy atom. The molecule has 2 aromatic heterocycles. The smallest absolute Gasteiger partial charge is 0.273 e. The number of nitrogens with one attached hydrogen (secondary N) is 1. The summed E-state index contributed by atoms with van der Waals surface area (Å²) in [5.41, 5.74) is -0.402. The van der Waals surface area contributed by atoms with Crippen LogP contribution in [-0.2, 0) is 0 Å². The summed E-state index contributed by atoms with van der Waals surface area (Å²) in [6.07, 6.45) is 4.41. The van der Waals surface area contributed by atoms with E-state index in [0.29, 0.717) is 5.52 Å². The molecule has 60 valence electrons. The molecule has 2 heterocycles. The molecule has 0 atom stereocenters. The number of nitrogens with zero attached hydrogens (tertiary/aromatic N) is 2. The molecule has 0 spiro atoms. The van der Waals surface area contributed by atoms with E-state index in [9.17, 15) is 9.59 Å². The van der Waals surface area contributed by atoms with Gasteiger partial charge in [-0.05, 0) is 0 Å². The van der Waals surface area contributed by atoms with Gasteiger partial charge in [0.05, 0.1) is 0 Å². The second kappa shape index (κ2) is 2.30. The molecule has 5 heteroatoms. The Balaban J connectivity index is 3.08. The molecule has 2 aromatic rings. The number of aromatic amines is 1. The molecule has 0 radical (unpaired) electrons. The molecule has 0 saturated heterocycles. The minimum Gasteiger partial charge on any atom is -0.326 e. The van der Waals surface area contributed by atoms with Gasteiger partial charge < -0.3 is 9.38 Å². The Labute approximate surface area is 66.3 Å². The Kier molecular flexibility index (Phi) is 1.30. The fraction of sp³-hybridized carbons (Fsp3) is 0. The van der Waals surface area contributed by atoms with E-state index in [2.05, 4.69) is 9.97 Å². The topological polar surface area (TPSA) is 67.2 Å². The van der Waals surface area contributed by atoms with Crippen molar-refractivity contribution in [3.63, 3.8) is 0 Å². The maximum absolute atomic E-state index is 11.1. The van der Waals surface area contributed by atoms with Gasteiger partial charge in [0.15, 0.2) is 0 Å². The average molecular weight is 163 g/mol. The molecular weight excluding hydrogens is 158 g/mol. The standard InChI is InChI=1S/C7H5N3O2/c11-6-3-5-7(12)8-1-2-10(5)4-9-6/h1-4H,(H,8,12). The molecular formula is C7H5N3O2. The molecule has 5 nitrogen and oxygen atoms in total. The lowest BCUT2D eigenvalue weighted by atomic mass is 10.5. The summed E-state index contributed by atoms with van der Waals surface area (Å²) in [7, 11) is 0. The lowest BCUT2D eigenvalue weighted by Gasteiger charge is -1.95. The molecule has 0 amide bonds. The van der Waals surface area contributed by atoms with E-state index < -0.39 is 5.56 Å². The predicted octanol–water partition coefficient (Wildman–Crippen LogP) is -0.617. The van der Waals surface area contributed by atoms with Gasteiger partial charge in [0.1, 0.15) is 11.8 Å². The van der Waals surface area contributed by atoms with Crippen LogP contribution in [0.25, 0.3) is 5.52 Å². The second-order valence-corrected chi connectivity index (χ2v) is 2.31. The van der Waals surface area contributed by atoms with Gasteiger partial charge in [0, 0.05) is 18.5 Å². The van der Waals surface area contributed by atoms with Gasteiger partial charge in [-0.15, -0.1) is 0 Å². The number of hydrogen-bond donors (Lipinski definition) is 1. The Hall–Kier alpha value is -1.91. The number of aromatic nitrogens is 3. The van der Waals surface area contributed by atoms with Gasteiger partial charge in [0.2, 0.25) is 0 Å². The third-order valence-electron chi connectivity index (χ3n) is 1.53. The van der Waals surface area contributed by atoms with E-state index in [1.165, 1.54) is 23.0 Å². The zero-order chi connectivity index (χ0) is 8.55. The first kappa shape index (κ1) is 6.78. The molecule has 0 aliphatic carbocycles. The van der Waals surface area contributed by atoms with Crippen LogP contribution in [0.1, 0.15) is 0 Å². The van der Waals surface area contributed by atoms with Crippen molar-refractivity contribution in [3.8, 4) is 0 Å². The van der Waals surface area contributed by atoms with E-state index in [-0.39, 0.29) is 5.56 Å². The van der Waals surface area contributed by atoms with Gasteiger partial charge >= 0.3 is 0 Å². The van der Waals surface area contributed by atoms with Crippen LogP contribution in [0.4, 0.5) is 0 Å². The van der Waals surface area contributed by atoms with Gasteiger partial charge in [-0.25, -0.2) is 0 Å². The number of rotatable bonds is 0. The largest absolute Gasteiger partial charge is 0.326 e. The van der Waals surface area contributed by atoms with Crippen molar-refractivity contribution in [2.24, 2.45) is 0 Å². The molecule has 0 fully saturated rings. The van der Waals surface area contributed by atoms with Crippen LogP contribution in [0.3, 0.4) is 0 Å². The lowest BCUT2D eigenvalue weighted by molar-refractivity contribution is 1.01. The highest BCUT2D eigenvalue weighted by atomic mass is 16.1. The van der Waals surface area contributed by atoms with Gasteiger partial charge in [-0.1, -0.05) is 0 Å². The van der Waals surface area contributed by atoms with Crippen LogP contribution < -0.4 is 11.1 Å². The Morgan fingerprint density at radius 3 is 3.08 bits per heavy atom. The quantitative estimate of drug-likeness (QED) is 0.563. The normalized spacial score (nSPS) is 10.3. The zero-order valence-electron chi connectivity index (χ0n) is 6.02. The number of H-pyrrole nitrogens is 1. The number of hydrogen-bond acceptors (Lipinski definition) is 3. The van der Waals surface area contributed by atoms with Crippen LogP contribution in [0, 0.1) is 0 Å². The summed E-state index contributed by atoms with van der Waals surface area (Å²) in [6, 6.07) is 1.19. The fourth-order valence-corrected chi connectivity index (χ4v) is 0.979. The van der Waals surface area contributed by atoms with Crippen LogP contribution >= 0.6 is 0 Å². The monoisotopic (exact) mass is 163 g/mol. The van der Waals surface area contributed by atoms with E-state index in [0.717, 1.165) is 0 Å². The summed E-state index contributed by atoms with van der Waals surface area (Å²) < 4.78 is 1.49. The predicted molar refractivity (Wildman–Crippen MR) is 42.1 cm³/mol. The molecule has 12 heavy (non-hydrogen) atoms. The Bertz CT molecular complexity index is 526. The van der Waals surface area contributed by atoms with Crippen molar-refractivity contribution in [1.29, 1.82) is 0 Å². The van der Waals surface area contributed by atoms with Crippen molar-refractivity contribution in [2.75, 3.05) is 0 Å². The van der Waals surface area contributed by atoms with E-state index in [4.69, 9.17) is 0 Å². The minimum absolute atomic E-state index is 0.294. The average Bonchev–Trinajstić information content (AvgIpc) is 2.07. The van der Waals surface area contributed by atoms with Gasteiger partial charge in [-0.2, -0.15) is 4.98 Å². The van der Waals surface area contributed by atoms with E-state index in [1.807, 2.05) is 0 Å². The van der Waals surface area contributed by atoms with Crippen LogP contribution in [0.15, 0.2) is 34.4 Å². The third kappa shape index (κ3) is 0.914. The molecule has 0 saturated carbocycles. The Morgan fingerprint density at radius 1 is 1.42 bits per heavy atom. The van der Waals surface area contributed by atoms with Gasteiger partial charge in [-0.3, -0.25) is 9.59 Å². The van der Waals surface area contributed by atoms with E-state index in [1.54, 1.807) is 6.20 Å². The highest BCUT2D eigenvalue weighted by molar-refractivity contribution is 5.41. The summed E-state index contributed by atoms with van der Waals surface area (Å²) in [5.74, 6) is 0. The SMILES string of the molecule is O=c1cc2c(=O)[nH]ccn2cn1. The second-order valence-electron chi connectivity index (χ2n) is 2.31. The van der Waals surface area contributed by atoms with Crippen molar-refractivity contribution < 1.29 is 0 Å². The molecule has 0 aromatic carbocycles. The zero-order valence-corrected chi connectivity index (χ0v) is 6.02. The first-order valence-corrected chi connectivity index (χ1v) is 3.33. The van der Waals surface area contributed by atoms with Gasteiger partial charge in [0.25, 0.3) is 11.1 Å². The molecule has 0 aliphatic rings. The first-order valence-electron chi connectivity index (χ1n) is 3.33. The lowest BCUT2D eigenvalue weighted by Crippen LogP contribution is -2.15. The van der Waals surface area contributed by atoms with Crippen LogP contribution in [-0.4, -0.2) is 14.4 Å². The molecule has 2 rings (SSSR count). The first-order chi connectivity index (χ1) is 5.77. The third-order valence-corrected chi connectivity index (χ3v) is 1.53. The van der Waals surface area contributed by atoms with Crippen LogP contribution in [0.5, 0.6) is 0 Å². The maximum Gasteiger partial charge on any atom is 0.273 e. The molecule has 0 aliphatic heterocycles. The molecule has 1 N–H and O–H groups in total. The highest BCUT2D eigenvalue weighted by Crippen LogP contribution is 1.86. The number of fused-ring (bicyclic) bond motifs is 1. The van der Waals surface area contributed by atoms with Crippen molar-refractivity contribution in [3.05, 3.63) is 45.5 Å². The fourth-order valence-electron chi connectivity index (χ4n) is 0.979. The maximum atomic E-state index is 11.1. The summed E-state index contributed by atoms with van der Waals surface area (Å²) in [4.78, 5) is 27.8.